The van der Waals surface area contributed by atoms with E-state index in [1.807, 2.05) is 30.3 Å². The Labute approximate surface area is 177 Å². The van der Waals surface area contributed by atoms with Crippen LogP contribution in [0.3, 0.4) is 0 Å². The number of carboxylic acids is 1. The maximum Gasteiger partial charge on any atom is 0.434 e. The molecule has 1 fully saturated rings. The zero-order valence-electron chi connectivity index (χ0n) is 16.7. The molecule has 0 aliphatic heterocycles. The van der Waals surface area contributed by atoms with Gasteiger partial charge in [0.1, 0.15) is 5.82 Å². The zero-order valence-corrected chi connectivity index (χ0v) is 16.7. The molecule has 0 spiro atoms. The second-order valence-corrected chi connectivity index (χ2v) is 7.96. The molecule has 1 aromatic carbocycles. The highest BCUT2D eigenvalue weighted by molar-refractivity contribution is 5.70. The third-order valence-corrected chi connectivity index (χ3v) is 5.88. The van der Waals surface area contributed by atoms with Gasteiger partial charge in [0.15, 0.2) is 5.69 Å². The van der Waals surface area contributed by atoms with Crippen LogP contribution in [0.1, 0.15) is 60.0 Å². The van der Waals surface area contributed by atoms with Crippen molar-refractivity contribution >= 4 is 5.97 Å². The molecule has 2 aromatic heterocycles. The summed E-state index contributed by atoms with van der Waals surface area (Å²) in [6, 6.07) is 11.4. The van der Waals surface area contributed by atoms with Crippen molar-refractivity contribution in [3.8, 4) is 11.4 Å². The fourth-order valence-corrected chi connectivity index (χ4v) is 4.21. The van der Waals surface area contributed by atoms with E-state index in [0.29, 0.717) is 17.4 Å². The highest BCUT2D eigenvalue weighted by atomic mass is 19.4. The minimum Gasteiger partial charge on any atom is -0.481 e. The van der Waals surface area contributed by atoms with Crippen LogP contribution in [0.25, 0.3) is 11.4 Å². The molecule has 0 saturated heterocycles. The van der Waals surface area contributed by atoms with Gasteiger partial charge in [0.25, 0.3) is 0 Å². The van der Waals surface area contributed by atoms with Gasteiger partial charge < -0.3 is 10.1 Å². The fraction of sp³-hybridized carbons (Fsp3) is 0.348. The maximum atomic E-state index is 12.7. The van der Waals surface area contributed by atoms with E-state index in [0.717, 1.165) is 43.1 Å². The van der Waals surface area contributed by atoms with Gasteiger partial charge in [-0.3, -0.25) is 9.78 Å². The Morgan fingerprint density at radius 3 is 2.26 bits per heavy atom. The molecule has 1 aliphatic carbocycles. The zero-order chi connectivity index (χ0) is 22.0. The normalized spacial score (nSPS) is 19.3. The molecule has 0 amide bonds. The van der Waals surface area contributed by atoms with Crippen molar-refractivity contribution in [1.29, 1.82) is 0 Å². The molecule has 2 N–H and O–H groups in total. The average Bonchev–Trinajstić information content (AvgIpc) is 3.25. The van der Waals surface area contributed by atoms with Crippen LogP contribution in [0.15, 0.2) is 48.8 Å². The second-order valence-electron chi connectivity index (χ2n) is 7.96. The number of carbonyl (C=O) groups is 1. The fourth-order valence-electron chi connectivity index (χ4n) is 4.21. The highest BCUT2D eigenvalue weighted by Crippen LogP contribution is 2.40. The molecular weight excluding hydrogens is 407 g/mol. The van der Waals surface area contributed by atoms with Gasteiger partial charge in [0, 0.05) is 29.6 Å². The number of nitrogens with one attached hydrogen (secondary N) is 1. The Balaban J connectivity index is 1.37. The summed E-state index contributed by atoms with van der Waals surface area (Å²) in [5, 5.41) is 8.88. The summed E-state index contributed by atoms with van der Waals surface area (Å²) in [7, 11) is 0. The van der Waals surface area contributed by atoms with Crippen molar-refractivity contribution in [2.45, 2.75) is 50.1 Å². The molecule has 4 rings (SSSR count). The van der Waals surface area contributed by atoms with Gasteiger partial charge in [-0.05, 0) is 54.9 Å². The Bertz CT molecular complexity index is 1040. The second kappa shape index (κ2) is 8.53. The highest BCUT2D eigenvalue weighted by Gasteiger charge is 2.33. The third kappa shape index (κ3) is 4.95. The number of alkyl halides is 3. The standard InChI is InChI=1S/C23H22F3N3O2/c24-23(25,26)20-13-28-22(29-20)18-9-10-19(27-12-18)17-7-5-16(6-8-17)15-3-1-14(2-4-15)11-21(30)31/h1-4,9-10,12-13,16-17H,5-8,11H2,(H,28,29)(H,30,31). The van der Waals surface area contributed by atoms with Crippen LogP contribution >= 0.6 is 0 Å². The smallest absolute Gasteiger partial charge is 0.434 e. The molecule has 0 bridgehead atoms. The predicted molar refractivity (Wildman–Crippen MR) is 109 cm³/mol. The Morgan fingerprint density at radius 1 is 1.03 bits per heavy atom. The van der Waals surface area contributed by atoms with Gasteiger partial charge in [-0.2, -0.15) is 13.2 Å². The molecule has 162 valence electrons. The van der Waals surface area contributed by atoms with E-state index in [-0.39, 0.29) is 12.2 Å². The van der Waals surface area contributed by atoms with Gasteiger partial charge in [-0.25, -0.2) is 4.98 Å². The lowest BCUT2D eigenvalue weighted by atomic mass is 9.77. The molecule has 0 unspecified atom stereocenters. The molecular formula is C23H22F3N3O2. The van der Waals surface area contributed by atoms with Crippen molar-refractivity contribution in [3.63, 3.8) is 0 Å². The molecule has 0 atom stereocenters. The van der Waals surface area contributed by atoms with Gasteiger partial charge in [0.05, 0.1) is 6.42 Å². The molecule has 1 saturated carbocycles. The Hall–Kier alpha value is -3.16. The topological polar surface area (TPSA) is 78.9 Å². The number of imidazole rings is 1. The monoisotopic (exact) mass is 429 g/mol. The van der Waals surface area contributed by atoms with Crippen LogP contribution in [0.5, 0.6) is 0 Å². The van der Waals surface area contributed by atoms with Crippen LogP contribution in [-0.2, 0) is 17.4 Å². The lowest BCUT2D eigenvalue weighted by Gasteiger charge is -2.28. The molecule has 5 nitrogen and oxygen atoms in total. The summed E-state index contributed by atoms with van der Waals surface area (Å²) in [6.07, 6.45) is 1.97. The lowest BCUT2D eigenvalue weighted by Crippen LogP contribution is -2.13. The number of carboxylic acid groups (broad SMARTS) is 1. The third-order valence-electron chi connectivity index (χ3n) is 5.88. The summed E-state index contributed by atoms with van der Waals surface area (Å²) in [5.74, 6) is 0.0817. The van der Waals surface area contributed by atoms with E-state index >= 15 is 0 Å². The number of rotatable bonds is 5. The molecule has 3 aromatic rings. The van der Waals surface area contributed by atoms with Crippen molar-refractivity contribution in [3.05, 3.63) is 71.3 Å². The van der Waals surface area contributed by atoms with Crippen LogP contribution < -0.4 is 0 Å². The number of hydrogen-bond donors (Lipinski definition) is 2. The van der Waals surface area contributed by atoms with Gasteiger partial charge in [-0.15, -0.1) is 0 Å². The number of aromatic nitrogens is 3. The van der Waals surface area contributed by atoms with Gasteiger partial charge >= 0.3 is 12.1 Å². The number of aromatic amines is 1. The van der Waals surface area contributed by atoms with Crippen LogP contribution in [0, 0.1) is 0 Å². The first-order valence-electron chi connectivity index (χ1n) is 10.2. The van der Waals surface area contributed by atoms with E-state index < -0.39 is 17.8 Å². The summed E-state index contributed by atoms with van der Waals surface area (Å²) >= 11 is 0. The number of aliphatic carboxylic acids is 1. The van der Waals surface area contributed by atoms with Gasteiger partial charge in [0.2, 0.25) is 0 Å². The number of pyridine rings is 1. The van der Waals surface area contributed by atoms with E-state index in [4.69, 9.17) is 5.11 Å². The first kappa shape index (κ1) is 21.1. The van der Waals surface area contributed by atoms with E-state index in [1.165, 1.54) is 5.56 Å². The Kier molecular flexibility index (Phi) is 5.80. The number of nitrogens with zero attached hydrogens (tertiary/aromatic N) is 2. The first-order chi connectivity index (χ1) is 14.8. The predicted octanol–water partition coefficient (Wildman–Crippen LogP) is 5.56. The quantitative estimate of drug-likeness (QED) is 0.557. The molecule has 31 heavy (non-hydrogen) atoms. The molecule has 8 heteroatoms. The van der Waals surface area contributed by atoms with E-state index in [9.17, 15) is 18.0 Å². The maximum absolute atomic E-state index is 12.7. The van der Waals surface area contributed by atoms with E-state index in [2.05, 4.69) is 15.0 Å². The number of H-pyrrole nitrogens is 1. The van der Waals surface area contributed by atoms with Crippen LogP contribution in [0.4, 0.5) is 13.2 Å². The molecule has 1 aliphatic rings. The number of hydrogen-bond acceptors (Lipinski definition) is 3. The minimum atomic E-state index is -4.47. The van der Waals surface area contributed by atoms with Crippen molar-refractivity contribution < 1.29 is 23.1 Å². The van der Waals surface area contributed by atoms with Crippen molar-refractivity contribution in [2.24, 2.45) is 0 Å². The lowest BCUT2D eigenvalue weighted by molar-refractivity contribution is -0.141. The number of benzene rings is 1. The largest absolute Gasteiger partial charge is 0.481 e. The summed E-state index contributed by atoms with van der Waals surface area (Å²) in [6.45, 7) is 0. The van der Waals surface area contributed by atoms with Crippen molar-refractivity contribution in [1.82, 2.24) is 15.0 Å². The minimum absolute atomic E-state index is 0.0320. The average molecular weight is 429 g/mol. The van der Waals surface area contributed by atoms with Gasteiger partial charge in [-0.1, -0.05) is 24.3 Å². The molecule has 0 radical (unpaired) electrons. The summed E-state index contributed by atoms with van der Waals surface area (Å²) in [4.78, 5) is 21.5. The Morgan fingerprint density at radius 2 is 1.71 bits per heavy atom. The van der Waals surface area contributed by atoms with E-state index in [1.54, 1.807) is 12.3 Å². The summed E-state index contributed by atoms with van der Waals surface area (Å²) < 4.78 is 38.2. The molecule has 2 heterocycles. The first-order valence-corrected chi connectivity index (χ1v) is 10.2. The summed E-state index contributed by atoms with van der Waals surface area (Å²) in [5.41, 5.74) is 2.55. The number of halogens is 3. The SMILES string of the molecule is O=C(O)Cc1ccc(C2CCC(c3ccc(-c4nc(C(F)(F)F)c[nH]4)cn3)CC2)cc1. The van der Waals surface area contributed by atoms with Crippen molar-refractivity contribution in [2.75, 3.05) is 0 Å². The van der Waals surface area contributed by atoms with Crippen LogP contribution in [-0.4, -0.2) is 26.0 Å². The van der Waals surface area contributed by atoms with Crippen LogP contribution in [0.2, 0.25) is 0 Å².